The summed E-state index contributed by atoms with van der Waals surface area (Å²) in [5.74, 6) is 1.77. The van der Waals surface area contributed by atoms with Crippen molar-refractivity contribution in [2.24, 2.45) is 0 Å². The van der Waals surface area contributed by atoms with Gasteiger partial charge in [0.2, 0.25) is 5.88 Å². The second-order valence-electron chi connectivity index (χ2n) is 8.42. The highest BCUT2D eigenvalue weighted by atomic mass is 16.5. The Morgan fingerprint density at radius 1 is 1.00 bits per heavy atom. The third-order valence-electron chi connectivity index (χ3n) is 5.81. The van der Waals surface area contributed by atoms with E-state index in [1.54, 1.807) is 0 Å². The molecular weight excluding hydrogens is 344 g/mol. The first-order chi connectivity index (χ1) is 13.4. The van der Waals surface area contributed by atoms with Gasteiger partial charge in [-0.25, -0.2) is 4.98 Å². The smallest absolute Gasteiger partial charge is 0.224 e. The van der Waals surface area contributed by atoms with Gasteiger partial charge in [-0.15, -0.1) is 0 Å². The molecule has 1 aliphatic heterocycles. The number of rotatable bonds is 7. The van der Waals surface area contributed by atoms with Gasteiger partial charge < -0.3 is 9.64 Å². The molecule has 0 unspecified atom stereocenters. The second-order valence-corrected chi connectivity index (χ2v) is 8.42. The summed E-state index contributed by atoms with van der Waals surface area (Å²) in [6.07, 6.45) is 7.17. The van der Waals surface area contributed by atoms with Crippen LogP contribution in [-0.2, 0) is 6.42 Å². The van der Waals surface area contributed by atoms with E-state index in [0.717, 1.165) is 30.3 Å². The third-order valence-corrected chi connectivity index (χ3v) is 5.81. The van der Waals surface area contributed by atoms with Gasteiger partial charge in [0.1, 0.15) is 5.75 Å². The van der Waals surface area contributed by atoms with E-state index in [0.29, 0.717) is 6.04 Å². The molecule has 0 saturated heterocycles. The zero-order valence-electron chi connectivity index (χ0n) is 18.6. The molecule has 3 heteroatoms. The summed E-state index contributed by atoms with van der Waals surface area (Å²) >= 11 is 0. The van der Waals surface area contributed by atoms with E-state index in [-0.39, 0.29) is 0 Å². The van der Waals surface area contributed by atoms with E-state index in [9.17, 15) is 0 Å². The summed E-state index contributed by atoms with van der Waals surface area (Å²) < 4.78 is 6.48. The van der Waals surface area contributed by atoms with Crippen LogP contribution in [0.15, 0.2) is 18.2 Å². The maximum atomic E-state index is 6.48. The van der Waals surface area contributed by atoms with Crippen LogP contribution in [-0.4, -0.2) is 17.6 Å². The summed E-state index contributed by atoms with van der Waals surface area (Å²) in [6, 6.07) is 7.27. The number of benzene rings is 1. The summed E-state index contributed by atoms with van der Waals surface area (Å²) in [5.41, 5.74) is 7.30. The highest BCUT2D eigenvalue weighted by Crippen LogP contribution is 2.39. The number of pyridine rings is 1. The van der Waals surface area contributed by atoms with Gasteiger partial charge in [-0.3, -0.25) is 0 Å². The molecule has 152 valence electrons. The van der Waals surface area contributed by atoms with E-state index >= 15 is 0 Å². The number of aryl methyl sites for hydroxylation is 4. The molecule has 3 rings (SSSR count). The minimum Gasteiger partial charge on any atom is -0.438 e. The Labute approximate surface area is 171 Å². The topological polar surface area (TPSA) is 25.4 Å². The lowest BCUT2D eigenvalue weighted by molar-refractivity contribution is 0.438. The zero-order chi connectivity index (χ0) is 20.3. The first kappa shape index (κ1) is 20.7. The van der Waals surface area contributed by atoms with Gasteiger partial charge in [0.05, 0.1) is 0 Å². The average Bonchev–Trinajstić information content (AvgIpc) is 2.64. The van der Waals surface area contributed by atoms with Crippen LogP contribution in [0.2, 0.25) is 0 Å². The van der Waals surface area contributed by atoms with Crippen molar-refractivity contribution in [3.63, 3.8) is 0 Å². The molecule has 0 amide bonds. The Bertz CT molecular complexity index is 799. The van der Waals surface area contributed by atoms with Crippen LogP contribution in [0.3, 0.4) is 0 Å². The lowest BCUT2D eigenvalue weighted by atomic mass is 9.96. The van der Waals surface area contributed by atoms with E-state index < -0.39 is 0 Å². The van der Waals surface area contributed by atoms with Crippen molar-refractivity contribution in [2.75, 3.05) is 11.4 Å². The SMILES string of the molecule is CCCC(CCC)N1CCCc2c1cc(C)nc2Oc1c(C)cc(C)cc1C. The average molecular weight is 381 g/mol. The molecule has 0 atom stereocenters. The molecule has 0 radical (unpaired) electrons. The molecule has 28 heavy (non-hydrogen) atoms. The Balaban J connectivity index is 2.02. The first-order valence-electron chi connectivity index (χ1n) is 11.0. The van der Waals surface area contributed by atoms with Crippen LogP contribution in [0.5, 0.6) is 11.6 Å². The van der Waals surface area contributed by atoms with Crippen LogP contribution >= 0.6 is 0 Å². The van der Waals surface area contributed by atoms with E-state index in [2.05, 4.69) is 64.6 Å². The Morgan fingerprint density at radius 3 is 2.25 bits per heavy atom. The van der Waals surface area contributed by atoms with Crippen molar-refractivity contribution in [2.45, 2.75) is 86.1 Å². The van der Waals surface area contributed by atoms with Gasteiger partial charge in [0.25, 0.3) is 0 Å². The summed E-state index contributed by atoms with van der Waals surface area (Å²) in [5, 5.41) is 0. The molecule has 1 aliphatic rings. The second kappa shape index (κ2) is 8.98. The van der Waals surface area contributed by atoms with Gasteiger partial charge >= 0.3 is 0 Å². The zero-order valence-corrected chi connectivity index (χ0v) is 18.6. The van der Waals surface area contributed by atoms with Gasteiger partial charge in [0, 0.05) is 29.5 Å². The molecule has 0 N–H and O–H groups in total. The van der Waals surface area contributed by atoms with Crippen LogP contribution in [0.1, 0.15) is 73.9 Å². The quantitative estimate of drug-likeness (QED) is 0.526. The highest BCUT2D eigenvalue weighted by molar-refractivity contribution is 5.61. The summed E-state index contributed by atoms with van der Waals surface area (Å²) in [6.45, 7) is 14.2. The van der Waals surface area contributed by atoms with Gasteiger partial charge in [-0.1, -0.05) is 44.4 Å². The number of fused-ring (bicyclic) bond motifs is 1. The molecule has 3 nitrogen and oxygen atoms in total. The predicted molar refractivity (Wildman–Crippen MR) is 119 cm³/mol. The third kappa shape index (κ3) is 4.34. The van der Waals surface area contributed by atoms with Crippen LogP contribution in [0.25, 0.3) is 0 Å². The van der Waals surface area contributed by atoms with Crippen molar-refractivity contribution in [3.8, 4) is 11.6 Å². The number of nitrogens with zero attached hydrogens (tertiary/aromatic N) is 2. The first-order valence-corrected chi connectivity index (χ1v) is 11.0. The molecule has 0 saturated carbocycles. The van der Waals surface area contributed by atoms with Crippen LogP contribution in [0, 0.1) is 27.7 Å². The van der Waals surface area contributed by atoms with E-state index in [1.807, 2.05) is 0 Å². The number of anilines is 1. The maximum absolute atomic E-state index is 6.48. The molecule has 2 aromatic rings. The Morgan fingerprint density at radius 2 is 1.64 bits per heavy atom. The fraction of sp³-hybridized carbons (Fsp3) is 0.560. The Hall–Kier alpha value is -2.03. The number of aromatic nitrogens is 1. The molecule has 0 bridgehead atoms. The van der Waals surface area contributed by atoms with Crippen LogP contribution in [0.4, 0.5) is 5.69 Å². The van der Waals surface area contributed by atoms with Crippen molar-refractivity contribution in [1.82, 2.24) is 4.98 Å². The lowest BCUT2D eigenvalue weighted by Gasteiger charge is -2.38. The van der Waals surface area contributed by atoms with Crippen molar-refractivity contribution in [3.05, 3.63) is 46.1 Å². The van der Waals surface area contributed by atoms with Crippen molar-refractivity contribution >= 4 is 5.69 Å². The fourth-order valence-corrected chi connectivity index (χ4v) is 4.70. The largest absolute Gasteiger partial charge is 0.438 e. The summed E-state index contributed by atoms with van der Waals surface area (Å²) in [4.78, 5) is 7.46. The lowest BCUT2D eigenvalue weighted by Crippen LogP contribution is -2.39. The normalized spacial score (nSPS) is 13.8. The molecule has 0 aliphatic carbocycles. The maximum Gasteiger partial charge on any atom is 0.224 e. The minimum absolute atomic E-state index is 0.617. The monoisotopic (exact) mass is 380 g/mol. The van der Waals surface area contributed by atoms with Gasteiger partial charge in [0.15, 0.2) is 0 Å². The van der Waals surface area contributed by atoms with Crippen LogP contribution < -0.4 is 9.64 Å². The molecule has 1 aromatic heterocycles. The molecule has 0 fully saturated rings. The fourth-order valence-electron chi connectivity index (χ4n) is 4.70. The standard InChI is InChI=1S/C25H36N2O/c1-7-10-21(11-8-2)27-13-9-12-22-23(27)16-20(6)26-25(22)28-24-18(4)14-17(3)15-19(24)5/h14-16,21H,7-13H2,1-6H3. The van der Waals surface area contributed by atoms with Gasteiger partial charge in [-0.2, -0.15) is 0 Å². The molecule has 2 heterocycles. The van der Waals surface area contributed by atoms with E-state index in [1.165, 1.54) is 60.0 Å². The van der Waals surface area contributed by atoms with E-state index in [4.69, 9.17) is 9.72 Å². The number of ether oxygens (including phenoxy) is 1. The van der Waals surface area contributed by atoms with Gasteiger partial charge in [-0.05, 0) is 70.6 Å². The molecular formula is C25H36N2O. The summed E-state index contributed by atoms with van der Waals surface area (Å²) in [7, 11) is 0. The minimum atomic E-state index is 0.617. The predicted octanol–water partition coefficient (Wildman–Crippen LogP) is 6.83. The highest BCUT2D eigenvalue weighted by Gasteiger charge is 2.27. The van der Waals surface area contributed by atoms with Crippen molar-refractivity contribution in [1.29, 1.82) is 0 Å². The van der Waals surface area contributed by atoms with Crippen molar-refractivity contribution < 1.29 is 4.74 Å². The Kier molecular flexibility index (Phi) is 6.64. The number of hydrogen-bond donors (Lipinski definition) is 0. The molecule has 0 spiro atoms. The molecule has 1 aromatic carbocycles. The number of hydrogen-bond acceptors (Lipinski definition) is 3.